The summed E-state index contributed by atoms with van der Waals surface area (Å²) in [5.74, 6) is -0.417. The molecule has 234 valence electrons. The fourth-order valence-electron chi connectivity index (χ4n) is 6.07. The number of H-pyrrole nitrogens is 2. The number of benzene rings is 1. The monoisotopic (exact) mass is 638 g/mol. The van der Waals surface area contributed by atoms with Crippen LogP contribution in [-0.2, 0) is 21.4 Å². The molecule has 0 radical (unpaired) electrons. The maximum Gasteiger partial charge on any atom is 0.227 e. The van der Waals surface area contributed by atoms with Gasteiger partial charge in [0.2, 0.25) is 15.9 Å². The third-order valence-electron chi connectivity index (χ3n) is 8.33. The molecule has 0 aliphatic heterocycles. The summed E-state index contributed by atoms with van der Waals surface area (Å²) in [6.07, 6.45) is 14.6. The fraction of sp³-hybridized carbons (Fsp3) is 0.242. The van der Waals surface area contributed by atoms with E-state index < -0.39 is 15.8 Å². The molecule has 5 heterocycles. The van der Waals surface area contributed by atoms with E-state index in [1.54, 1.807) is 37.1 Å². The van der Waals surface area contributed by atoms with Gasteiger partial charge in [0.05, 0.1) is 53.0 Å². The van der Waals surface area contributed by atoms with E-state index >= 15 is 0 Å². The highest BCUT2D eigenvalue weighted by Gasteiger charge is 2.21. The molecule has 4 N–H and O–H groups in total. The zero-order valence-electron chi connectivity index (χ0n) is 25.0. The maximum atomic E-state index is 14.6. The molecule has 1 aliphatic carbocycles. The molecule has 1 fully saturated rings. The average molecular weight is 639 g/mol. The SMILES string of the molecule is CS(=O)(=O)NCc1cc(F)cc(-c2cncc3[nH]c(-c4n[nH]c5cnc(-c6cncc(NC(=O)C7CCCCC7)c6)cc45)cc23)c1. The largest absolute Gasteiger partial charge is 0.352 e. The summed E-state index contributed by atoms with van der Waals surface area (Å²) < 4.78 is 40.2. The van der Waals surface area contributed by atoms with Crippen LogP contribution in [0.4, 0.5) is 10.1 Å². The van der Waals surface area contributed by atoms with Crippen molar-refractivity contribution in [3.05, 3.63) is 78.8 Å². The van der Waals surface area contributed by atoms with Crippen molar-refractivity contribution >= 4 is 43.4 Å². The summed E-state index contributed by atoms with van der Waals surface area (Å²) in [6, 6.07) is 10.2. The molecule has 13 heteroatoms. The first-order valence-electron chi connectivity index (χ1n) is 15.0. The minimum Gasteiger partial charge on any atom is -0.352 e. The first kappa shape index (κ1) is 29.7. The van der Waals surface area contributed by atoms with E-state index in [2.05, 4.69) is 40.2 Å². The molecule has 7 rings (SSSR count). The summed E-state index contributed by atoms with van der Waals surface area (Å²) in [5, 5.41) is 12.3. The smallest absolute Gasteiger partial charge is 0.227 e. The van der Waals surface area contributed by atoms with Gasteiger partial charge in [-0.15, -0.1) is 0 Å². The number of halogens is 1. The van der Waals surface area contributed by atoms with E-state index in [0.29, 0.717) is 33.8 Å². The molecule has 5 aromatic heterocycles. The first-order chi connectivity index (χ1) is 22.2. The van der Waals surface area contributed by atoms with Crippen molar-refractivity contribution in [2.24, 2.45) is 5.92 Å². The molecular weight excluding hydrogens is 607 g/mol. The Morgan fingerprint density at radius 2 is 1.74 bits per heavy atom. The number of aromatic amines is 2. The second-order valence-electron chi connectivity index (χ2n) is 11.7. The van der Waals surface area contributed by atoms with Crippen molar-refractivity contribution in [3.8, 4) is 33.8 Å². The predicted molar refractivity (Wildman–Crippen MR) is 174 cm³/mol. The van der Waals surface area contributed by atoms with Crippen molar-refractivity contribution in [1.29, 1.82) is 0 Å². The van der Waals surface area contributed by atoms with E-state index in [0.717, 1.165) is 65.0 Å². The summed E-state index contributed by atoms with van der Waals surface area (Å²) >= 11 is 0. The van der Waals surface area contributed by atoms with Gasteiger partial charge < -0.3 is 10.3 Å². The standard InChI is InChI=1S/C33H31FN8O3S/c1-46(44,45)38-13-19-7-21(9-23(34)8-19)27-16-36-17-30-25(27)11-29(40-30)32-26-12-28(37-18-31(26)41-42-32)22-10-24(15-35-14-22)39-33(43)20-5-3-2-4-6-20/h7-12,14-18,20,38,40H,2-6,13H2,1H3,(H,39,43)(H,41,42). The van der Waals surface area contributed by atoms with Crippen LogP contribution in [0.3, 0.4) is 0 Å². The lowest BCUT2D eigenvalue weighted by atomic mass is 9.88. The van der Waals surface area contributed by atoms with E-state index in [-0.39, 0.29) is 18.4 Å². The quantitative estimate of drug-likeness (QED) is 0.161. The van der Waals surface area contributed by atoms with Crippen molar-refractivity contribution in [2.45, 2.75) is 38.6 Å². The lowest BCUT2D eigenvalue weighted by Crippen LogP contribution is -2.24. The Kier molecular flexibility index (Phi) is 7.79. The Bertz CT molecular complexity index is 2210. The summed E-state index contributed by atoms with van der Waals surface area (Å²) in [7, 11) is -3.44. The number of fused-ring (bicyclic) bond motifs is 2. The number of anilines is 1. The Balaban J connectivity index is 1.21. The van der Waals surface area contributed by atoms with E-state index in [4.69, 9.17) is 0 Å². The van der Waals surface area contributed by atoms with E-state index in [1.165, 1.54) is 18.6 Å². The van der Waals surface area contributed by atoms with Gasteiger partial charge in [0.1, 0.15) is 11.5 Å². The lowest BCUT2D eigenvalue weighted by Gasteiger charge is -2.20. The third-order valence-corrected chi connectivity index (χ3v) is 9.00. The number of aromatic nitrogens is 6. The zero-order chi connectivity index (χ0) is 31.8. The van der Waals surface area contributed by atoms with Gasteiger partial charge in [-0.2, -0.15) is 5.10 Å². The number of sulfonamides is 1. The van der Waals surface area contributed by atoms with Gasteiger partial charge in [0, 0.05) is 46.8 Å². The molecule has 1 aromatic carbocycles. The van der Waals surface area contributed by atoms with Crippen LogP contribution >= 0.6 is 0 Å². The number of nitrogens with zero attached hydrogens (tertiary/aromatic N) is 4. The van der Waals surface area contributed by atoms with Crippen LogP contribution in [0.15, 0.2) is 67.4 Å². The van der Waals surface area contributed by atoms with Crippen LogP contribution in [-0.4, -0.2) is 50.7 Å². The van der Waals surface area contributed by atoms with Gasteiger partial charge >= 0.3 is 0 Å². The molecule has 0 bridgehead atoms. The Morgan fingerprint density at radius 3 is 2.57 bits per heavy atom. The van der Waals surface area contributed by atoms with Gasteiger partial charge in [0.25, 0.3) is 0 Å². The molecule has 11 nitrogen and oxygen atoms in total. The molecule has 0 spiro atoms. The molecule has 46 heavy (non-hydrogen) atoms. The van der Waals surface area contributed by atoms with Crippen LogP contribution in [0, 0.1) is 11.7 Å². The molecule has 0 saturated heterocycles. The zero-order valence-corrected chi connectivity index (χ0v) is 25.8. The summed E-state index contributed by atoms with van der Waals surface area (Å²) in [4.78, 5) is 29.5. The number of nitrogens with one attached hydrogen (secondary N) is 4. The van der Waals surface area contributed by atoms with Crippen molar-refractivity contribution < 1.29 is 17.6 Å². The molecule has 1 saturated carbocycles. The van der Waals surface area contributed by atoms with Gasteiger partial charge in [-0.25, -0.2) is 17.5 Å². The normalized spacial score (nSPS) is 14.2. The second kappa shape index (κ2) is 12.1. The number of rotatable bonds is 8. The Morgan fingerprint density at radius 1 is 0.913 bits per heavy atom. The van der Waals surface area contributed by atoms with Gasteiger partial charge in [0.15, 0.2) is 0 Å². The van der Waals surface area contributed by atoms with Crippen LogP contribution in [0.25, 0.3) is 55.6 Å². The highest BCUT2D eigenvalue weighted by molar-refractivity contribution is 7.88. The topological polar surface area (TPSA) is 158 Å². The van der Waals surface area contributed by atoms with Crippen LogP contribution in [0.1, 0.15) is 37.7 Å². The highest BCUT2D eigenvalue weighted by Crippen LogP contribution is 2.35. The van der Waals surface area contributed by atoms with Gasteiger partial charge in [-0.3, -0.25) is 24.8 Å². The fourth-order valence-corrected chi connectivity index (χ4v) is 6.50. The predicted octanol–water partition coefficient (Wildman–Crippen LogP) is 5.94. The average Bonchev–Trinajstić information content (AvgIpc) is 3.68. The highest BCUT2D eigenvalue weighted by atomic mass is 32.2. The number of carbonyl (C=O) groups excluding carboxylic acids is 1. The van der Waals surface area contributed by atoms with Gasteiger partial charge in [-0.05, 0) is 60.4 Å². The van der Waals surface area contributed by atoms with E-state index in [9.17, 15) is 17.6 Å². The third kappa shape index (κ3) is 6.24. The summed E-state index contributed by atoms with van der Waals surface area (Å²) in [6.45, 7) is -0.0354. The molecular formula is C33H31FN8O3S. The Hall–Kier alpha value is -5.01. The number of amides is 1. The van der Waals surface area contributed by atoms with Crippen LogP contribution in [0.5, 0.6) is 0 Å². The maximum absolute atomic E-state index is 14.6. The van der Waals surface area contributed by atoms with Crippen molar-refractivity contribution in [3.63, 3.8) is 0 Å². The van der Waals surface area contributed by atoms with Gasteiger partial charge in [-0.1, -0.05) is 19.3 Å². The first-order valence-corrected chi connectivity index (χ1v) is 16.9. The number of hydrogen-bond donors (Lipinski definition) is 4. The summed E-state index contributed by atoms with van der Waals surface area (Å²) in [5.41, 5.74) is 6.63. The van der Waals surface area contributed by atoms with Crippen molar-refractivity contribution in [2.75, 3.05) is 11.6 Å². The lowest BCUT2D eigenvalue weighted by molar-refractivity contribution is -0.120. The minimum atomic E-state index is -3.44. The second-order valence-corrected chi connectivity index (χ2v) is 13.6. The molecule has 6 aromatic rings. The van der Waals surface area contributed by atoms with Crippen LogP contribution < -0.4 is 10.0 Å². The number of carbonyl (C=O) groups is 1. The molecule has 0 atom stereocenters. The molecule has 1 aliphatic rings. The molecule has 1 amide bonds. The Labute approximate surface area is 264 Å². The van der Waals surface area contributed by atoms with E-state index in [1.807, 2.05) is 18.2 Å². The van der Waals surface area contributed by atoms with Crippen LogP contribution in [0.2, 0.25) is 0 Å². The molecule has 0 unspecified atom stereocenters. The number of pyridine rings is 3. The minimum absolute atomic E-state index is 0.0342. The van der Waals surface area contributed by atoms with Crippen molar-refractivity contribution in [1.82, 2.24) is 34.9 Å². The number of hydrogen-bond acceptors (Lipinski definition) is 7.